The Morgan fingerprint density at radius 1 is 1.35 bits per heavy atom. The van der Waals surface area contributed by atoms with Crippen LogP contribution in [0.15, 0.2) is 18.2 Å². The van der Waals surface area contributed by atoms with Crippen molar-refractivity contribution in [3.05, 3.63) is 28.3 Å². The van der Waals surface area contributed by atoms with Crippen molar-refractivity contribution in [1.82, 2.24) is 0 Å². The van der Waals surface area contributed by atoms with Gasteiger partial charge in [-0.3, -0.25) is 10.1 Å². The lowest BCUT2D eigenvalue weighted by Crippen LogP contribution is -2.38. The van der Waals surface area contributed by atoms with E-state index in [1.807, 2.05) is 20.8 Å². The third-order valence-electron chi connectivity index (χ3n) is 3.35. The summed E-state index contributed by atoms with van der Waals surface area (Å²) in [4.78, 5) is 10.9. The molecule has 0 aliphatic heterocycles. The molecule has 0 aromatic heterocycles. The van der Waals surface area contributed by atoms with Crippen LogP contribution < -0.4 is 10.6 Å². The molecule has 0 spiro atoms. The van der Waals surface area contributed by atoms with Crippen molar-refractivity contribution >= 4 is 17.1 Å². The van der Waals surface area contributed by atoms with Crippen LogP contribution in [-0.4, -0.2) is 28.7 Å². The molecule has 0 fully saturated rings. The number of nitrogens with zero attached hydrogens (tertiary/aromatic N) is 1. The summed E-state index contributed by atoms with van der Waals surface area (Å²) < 4.78 is 0. The van der Waals surface area contributed by atoms with Gasteiger partial charge in [0.05, 0.1) is 17.1 Å². The molecule has 1 atom stereocenters. The van der Waals surface area contributed by atoms with Gasteiger partial charge in [0, 0.05) is 6.54 Å². The zero-order valence-electron chi connectivity index (χ0n) is 12.3. The van der Waals surface area contributed by atoms with Crippen molar-refractivity contribution in [2.75, 3.05) is 23.8 Å². The summed E-state index contributed by atoms with van der Waals surface area (Å²) in [5.41, 5.74) is 0.371. The van der Waals surface area contributed by atoms with Gasteiger partial charge in [0.2, 0.25) is 0 Å². The van der Waals surface area contributed by atoms with Crippen molar-refractivity contribution in [1.29, 1.82) is 0 Å². The number of rotatable bonds is 8. The zero-order valence-corrected chi connectivity index (χ0v) is 12.3. The Hall–Kier alpha value is -1.82. The number of para-hydroxylation sites is 1. The number of aliphatic hydroxyl groups excluding tert-OH is 1. The maximum atomic E-state index is 11.3. The number of hydrogen-bond acceptors (Lipinski definition) is 5. The first-order valence-corrected chi connectivity index (χ1v) is 6.87. The predicted octanol–water partition coefficient (Wildman–Crippen LogP) is 2.99. The van der Waals surface area contributed by atoms with Gasteiger partial charge in [0.1, 0.15) is 11.4 Å². The molecule has 3 N–H and O–H groups in total. The number of benzene rings is 1. The molecule has 1 unspecified atom stereocenters. The fourth-order valence-electron chi connectivity index (χ4n) is 1.81. The molecule has 20 heavy (non-hydrogen) atoms. The fraction of sp³-hybridized carbons (Fsp3) is 0.571. The first kappa shape index (κ1) is 16.2. The normalized spacial score (nSPS) is 13.6. The summed E-state index contributed by atoms with van der Waals surface area (Å²) >= 11 is 0. The molecule has 112 valence electrons. The van der Waals surface area contributed by atoms with Crippen LogP contribution in [0.1, 0.15) is 33.6 Å². The highest BCUT2D eigenvalue weighted by Crippen LogP contribution is 2.34. The molecule has 6 nitrogen and oxygen atoms in total. The lowest BCUT2D eigenvalue weighted by Gasteiger charge is -2.28. The van der Waals surface area contributed by atoms with Gasteiger partial charge in [-0.15, -0.1) is 0 Å². The van der Waals surface area contributed by atoms with Gasteiger partial charge in [-0.25, -0.2) is 0 Å². The number of nitro groups is 1. The Kier molecular flexibility index (Phi) is 5.76. The lowest BCUT2D eigenvalue weighted by molar-refractivity contribution is -0.383. The molecule has 0 radical (unpaired) electrons. The van der Waals surface area contributed by atoms with E-state index in [2.05, 4.69) is 10.6 Å². The molecule has 1 aromatic carbocycles. The minimum Gasteiger partial charge on any atom is -0.394 e. The predicted molar refractivity (Wildman–Crippen MR) is 81.3 cm³/mol. The highest BCUT2D eigenvalue weighted by molar-refractivity contribution is 5.76. The molecule has 0 saturated carbocycles. The van der Waals surface area contributed by atoms with Crippen LogP contribution in [-0.2, 0) is 0 Å². The van der Waals surface area contributed by atoms with Crippen LogP contribution in [0.2, 0.25) is 0 Å². The number of nitrogens with one attached hydrogen (secondary N) is 2. The third-order valence-corrected chi connectivity index (χ3v) is 3.35. The van der Waals surface area contributed by atoms with E-state index in [-0.39, 0.29) is 12.3 Å². The Morgan fingerprint density at radius 2 is 2.00 bits per heavy atom. The first-order valence-electron chi connectivity index (χ1n) is 6.87. The highest BCUT2D eigenvalue weighted by Gasteiger charge is 2.26. The molecule has 0 aliphatic rings. The monoisotopic (exact) mass is 281 g/mol. The Labute approximate surface area is 119 Å². The summed E-state index contributed by atoms with van der Waals surface area (Å²) in [5, 5.41) is 26.9. The molecule has 0 bridgehead atoms. The number of anilines is 2. The van der Waals surface area contributed by atoms with Crippen LogP contribution in [0.5, 0.6) is 0 Å². The maximum absolute atomic E-state index is 11.3. The minimum absolute atomic E-state index is 0.0223. The molecular weight excluding hydrogens is 258 g/mol. The molecule has 1 rings (SSSR count). The van der Waals surface area contributed by atoms with E-state index in [1.54, 1.807) is 18.2 Å². The van der Waals surface area contributed by atoms with Crippen molar-refractivity contribution in [2.24, 2.45) is 0 Å². The van der Waals surface area contributed by atoms with E-state index in [9.17, 15) is 15.2 Å². The maximum Gasteiger partial charge on any atom is 0.315 e. The van der Waals surface area contributed by atoms with E-state index in [0.717, 1.165) is 6.42 Å². The molecule has 1 aromatic rings. The number of hydrogen-bond donors (Lipinski definition) is 3. The van der Waals surface area contributed by atoms with Crippen molar-refractivity contribution in [3.63, 3.8) is 0 Å². The molecule has 0 saturated heterocycles. The van der Waals surface area contributed by atoms with Gasteiger partial charge in [-0.1, -0.05) is 19.9 Å². The SMILES string of the molecule is CCCNc1cccc(NC(C)(CC)CO)c1[N+](=O)[O-]. The van der Waals surface area contributed by atoms with Gasteiger partial charge < -0.3 is 15.7 Å². The van der Waals surface area contributed by atoms with Crippen LogP contribution in [0.4, 0.5) is 17.1 Å². The van der Waals surface area contributed by atoms with Crippen molar-refractivity contribution in [2.45, 2.75) is 39.2 Å². The summed E-state index contributed by atoms with van der Waals surface area (Å²) in [6, 6.07) is 5.13. The summed E-state index contributed by atoms with van der Waals surface area (Å²) in [7, 11) is 0. The van der Waals surface area contributed by atoms with Crippen LogP contribution in [0.25, 0.3) is 0 Å². The number of aliphatic hydroxyl groups is 1. The number of nitro benzene ring substituents is 1. The Balaban J connectivity index is 3.15. The topological polar surface area (TPSA) is 87.4 Å². The van der Waals surface area contributed by atoms with Crippen molar-refractivity contribution in [3.8, 4) is 0 Å². The van der Waals surface area contributed by atoms with Gasteiger partial charge in [-0.2, -0.15) is 0 Å². The van der Waals surface area contributed by atoms with E-state index in [1.165, 1.54) is 0 Å². The fourth-order valence-corrected chi connectivity index (χ4v) is 1.81. The molecule has 0 amide bonds. The average molecular weight is 281 g/mol. The lowest BCUT2D eigenvalue weighted by atomic mass is 9.99. The first-order chi connectivity index (χ1) is 9.47. The second kappa shape index (κ2) is 7.09. The third kappa shape index (κ3) is 3.84. The van der Waals surface area contributed by atoms with Crippen molar-refractivity contribution < 1.29 is 10.0 Å². The van der Waals surface area contributed by atoms with Crippen LogP contribution in [0.3, 0.4) is 0 Å². The van der Waals surface area contributed by atoms with Crippen LogP contribution in [0, 0.1) is 10.1 Å². The molecule has 0 heterocycles. The van der Waals surface area contributed by atoms with Gasteiger partial charge in [0.15, 0.2) is 0 Å². The quantitative estimate of drug-likeness (QED) is 0.503. The summed E-state index contributed by atoms with van der Waals surface area (Å²) in [6.45, 7) is 6.35. The molecular formula is C14H23N3O3. The second-order valence-corrected chi connectivity index (χ2v) is 5.08. The summed E-state index contributed by atoms with van der Waals surface area (Å²) in [5.74, 6) is 0. The van der Waals surface area contributed by atoms with Crippen LogP contribution >= 0.6 is 0 Å². The largest absolute Gasteiger partial charge is 0.394 e. The van der Waals surface area contributed by atoms with E-state index < -0.39 is 10.5 Å². The Bertz CT molecular complexity index is 459. The average Bonchev–Trinajstić information content (AvgIpc) is 2.44. The van der Waals surface area contributed by atoms with E-state index >= 15 is 0 Å². The molecule has 0 aliphatic carbocycles. The second-order valence-electron chi connectivity index (χ2n) is 5.08. The Morgan fingerprint density at radius 3 is 2.50 bits per heavy atom. The summed E-state index contributed by atoms with van der Waals surface area (Å²) in [6.07, 6.45) is 1.55. The molecule has 6 heteroatoms. The zero-order chi connectivity index (χ0) is 15.2. The van der Waals surface area contributed by atoms with Gasteiger partial charge in [0.25, 0.3) is 0 Å². The van der Waals surface area contributed by atoms with Gasteiger partial charge in [-0.05, 0) is 31.9 Å². The smallest absolute Gasteiger partial charge is 0.315 e. The van der Waals surface area contributed by atoms with Gasteiger partial charge >= 0.3 is 5.69 Å². The highest BCUT2D eigenvalue weighted by atomic mass is 16.6. The minimum atomic E-state index is -0.575. The van der Waals surface area contributed by atoms with E-state index in [0.29, 0.717) is 24.3 Å². The standard InChI is InChI=1S/C14H23N3O3/c1-4-9-15-11-7-6-8-12(13(11)17(19)20)16-14(3,5-2)10-18/h6-8,15-16,18H,4-5,9-10H2,1-3H3. The van der Waals surface area contributed by atoms with E-state index in [4.69, 9.17) is 0 Å².